The summed E-state index contributed by atoms with van der Waals surface area (Å²) in [6.45, 7) is 6.68. The Labute approximate surface area is 157 Å². The maximum atomic E-state index is 13.9. The molecule has 0 bridgehead atoms. The summed E-state index contributed by atoms with van der Waals surface area (Å²) in [5.41, 5.74) is 0.421. The van der Waals surface area contributed by atoms with Crippen LogP contribution in [0, 0.1) is 11.6 Å². The van der Waals surface area contributed by atoms with Crippen LogP contribution in [0.3, 0.4) is 0 Å². The largest absolute Gasteiger partial charge is 0.338 e. The number of halogens is 2. The quantitative estimate of drug-likeness (QED) is 0.777. The maximum Gasteiger partial charge on any atom is 0.276 e. The maximum absolute atomic E-state index is 13.9. The zero-order valence-corrected chi connectivity index (χ0v) is 15.7. The van der Waals surface area contributed by atoms with Crippen molar-refractivity contribution in [3.63, 3.8) is 0 Å². The molecule has 0 N–H and O–H groups in total. The lowest BCUT2D eigenvalue weighted by Crippen LogP contribution is -2.36. The molecule has 0 spiro atoms. The summed E-state index contributed by atoms with van der Waals surface area (Å²) in [4.78, 5) is 16.1. The summed E-state index contributed by atoms with van der Waals surface area (Å²) in [5.74, 6) is -1.18. The molecule has 146 valence electrons. The third-order valence-corrected chi connectivity index (χ3v) is 5.08. The van der Waals surface area contributed by atoms with Crippen LogP contribution < -0.4 is 0 Å². The van der Waals surface area contributed by atoms with E-state index in [0.29, 0.717) is 25.3 Å². The molecule has 0 aliphatic carbocycles. The van der Waals surface area contributed by atoms with Gasteiger partial charge in [-0.3, -0.25) is 9.69 Å². The Morgan fingerprint density at radius 2 is 1.96 bits per heavy atom. The van der Waals surface area contributed by atoms with Crippen molar-refractivity contribution in [1.82, 2.24) is 24.8 Å². The van der Waals surface area contributed by atoms with Gasteiger partial charge in [0.25, 0.3) is 5.91 Å². The monoisotopic (exact) mass is 377 g/mol. The summed E-state index contributed by atoms with van der Waals surface area (Å²) < 4.78 is 29.6. The van der Waals surface area contributed by atoms with Gasteiger partial charge in [-0.05, 0) is 45.4 Å². The van der Waals surface area contributed by atoms with Crippen molar-refractivity contribution >= 4 is 5.91 Å². The molecule has 1 fully saturated rings. The first-order valence-corrected chi connectivity index (χ1v) is 9.39. The third kappa shape index (κ3) is 4.32. The fourth-order valence-corrected chi connectivity index (χ4v) is 3.52. The van der Waals surface area contributed by atoms with Gasteiger partial charge in [0.2, 0.25) is 0 Å². The second-order valence-corrected chi connectivity index (χ2v) is 6.79. The number of rotatable bonds is 6. The number of hydrogen-bond acceptors (Lipinski definition) is 4. The highest BCUT2D eigenvalue weighted by Crippen LogP contribution is 2.24. The molecule has 3 rings (SSSR count). The van der Waals surface area contributed by atoms with Crippen molar-refractivity contribution in [2.45, 2.75) is 39.3 Å². The van der Waals surface area contributed by atoms with E-state index in [1.807, 2.05) is 18.7 Å². The number of amides is 1. The molecule has 0 radical (unpaired) electrons. The van der Waals surface area contributed by atoms with Gasteiger partial charge in [0.15, 0.2) is 5.69 Å². The third-order valence-electron chi connectivity index (χ3n) is 5.08. The number of piperidine rings is 1. The smallest absolute Gasteiger partial charge is 0.276 e. The van der Waals surface area contributed by atoms with Crippen LogP contribution in [-0.2, 0) is 6.54 Å². The zero-order chi connectivity index (χ0) is 19.4. The predicted molar refractivity (Wildman–Crippen MR) is 97.2 cm³/mol. The van der Waals surface area contributed by atoms with Gasteiger partial charge in [0.05, 0.1) is 12.2 Å². The van der Waals surface area contributed by atoms with E-state index in [-0.39, 0.29) is 24.1 Å². The number of carbonyl (C=O) groups excluding carboxylic acids is 1. The molecular formula is C19H25F2N5O. The lowest BCUT2D eigenvalue weighted by atomic mass is 10.0. The van der Waals surface area contributed by atoms with Crippen LogP contribution in [0.5, 0.6) is 0 Å². The van der Waals surface area contributed by atoms with E-state index >= 15 is 0 Å². The van der Waals surface area contributed by atoms with Crippen molar-refractivity contribution in [3.8, 4) is 0 Å². The van der Waals surface area contributed by atoms with Crippen LogP contribution in [0.2, 0.25) is 0 Å². The van der Waals surface area contributed by atoms with Crippen molar-refractivity contribution < 1.29 is 13.6 Å². The first kappa shape index (κ1) is 19.4. The minimum atomic E-state index is -0.523. The first-order chi connectivity index (χ1) is 13.0. The minimum Gasteiger partial charge on any atom is -0.338 e. The number of likely N-dealkylation sites (tertiary alicyclic amines) is 1. The molecule has 1 aliphatic heterocycles. The summed E-state index contributed by atoms with van der Waals surface area (Å²) in [6.07, 6.45) is 3.46. The second kappa shape index (κ2) is 8.56. The molecule has 0 saturated carbocycles. The first-order valence-electron chi connectivity index (χ1n) is 9.39. The molecule has 2 aromatic rings. The Morgan fingerprint density at radius 1 is 1.26 bits per heavy atom. The number of hydrogen-bond donors (Lipinski definition) is 0. The van der Waals surface area contributed by atoms with Gasteiger partial charge in [0.1, 0.15) is 11.6 Å². The summed E-state index contributed by atoms with van der Waals surface area (Å²) >= 11 is 0. The van der Waals surface area contributed by atoms with Gasteiger partial charge in [0, 0.05) is 31.7 Å². The van der Waals surface area contributed by atoms with E-state index in [1.165, 1.54) is 18.2 Å². The molecule has 1 aliphatic rings. The van der Waals surface area contributed by atoms with Crippen molar-refractivity contribution in [3.05, 3.63) is 47.3 Å². The van der Waals surface area contributed by atoms with Crippen LogP contribution in [0.1, 0.15) is 48.8 Å². The van der Waals surface area contributed by atoms with E-state index in [4.69, 9.17) is 0 Å². The van der Waals surface area contributed by atoms with Crippen molar-refractivity contribution in [2.24, 2.45) is 0 Å². The van der Waals surface area contributed by atoms with Gasteiger partial charge in [-0.2, -0.15) is 0 Å². The van der Waals surface area contributed by atoms with Gasteiger partial charge in [-0.15, -0.1) is 5.10 Å². The van der Waals surface area contributed by atoms with Crippen LogP contribution in [0.4, 0.5) is 8.78 Å². The van der Waals surface area contributed by atoms with E-state index in [2.05, 4.69) is 10.3 Å². The van der Waals surface area contributed by atoms with E-state index in [1.54, 1.807) is 15.8 Å². The van der Waals surface area contributed by atoms with Crippen molar-refractivity contribution in [1.29, 1.82) is 0 Å². The van der Waals surface area contributed by atoms with Crippen LogP contribution in [0.25, 0.3) is 0 Å². The molecular weight excluding hydrogens is 352 g/mol. The molecule has 6 nitrogen and oxygen atoms in total. The Kier molecular flexibility index (Phi) is 6.15. The normalized spacial score (nSPS) is 17.9. The van der Waals surface area contributed by atoms with Crippen LogP contribution >= 0.6 is 0 Å². The molecule has 1 atom stereocenters. The highest BCUT2D eigenvalue weighted by Gasteiger charge is 2.25. The van der Waals surface area contributed by atoms with E-state index < -0.39 is 11.6 Å². The molecule has 1 unspecified atom stereocenters. The van der Waals surface area contributed by atoms with Gasteiger partial charge in [-0.25, -0.2) is 13.5 Å². The van der Waals surface area contributed by atoms with Gasteiger partial charge in [-0.1, -0.05) is 11.3 Å². The highest BCUT2D eigenvalue weighted by atomic mass is 19.1. The molecule has 1 aromatic heterocycles. The Balaban J connectivity index is 1.69. The number of nitrogens with zero attached hydrogens (tertiary/aromatic N) is 5. The average molecular weight is 377 g/mol. The molecule has 1 aromatic carbocycles. The Morgan fingerprint density at radius 3 is 2.63 bits per heavy atom. The van der Waals surface area contributed by atoms with E-state index in [9.17, 15) is 13.6 Å². The summed E-state index contributed by atoms with van der Waals surface area (Å²) in [5, 5.41) is 8.16. The number of benzene rings is 1. The van der Waals surface area contributed by atoms with Crippen LogP contribution in [0.15, 0.2) is 24.4 Å². The van der Waals surface area contributed by atoms with E-state index in [0.717, 1.165) is 19.4 Å². The summed E-state index contributed by atoms with van der Waals surface area (Å²) in [7, 11) is 0. The highest BCUT2D eigenvalue weighted by molar-refractivity contribution is 5.91. The number of aromatic nitrogens is 3. The summed E-state index contributed by atoms with van der Waals surface area (Å²) in [6, 6.07) is 3.96. The topological polar surface area (TPSA) is 54.3 Å². The lowest BCUT2D eigenvalue weighted by Gasteiger charge is -2.32. The second-order valence-electron chi connectivity index (χ2n) is 6.79. The fraction of sp³-hybridized carbons (Fsp3) is 0.526. The molecule has 1 saturated heterocycles. The van der Waals surface area contributed by atoms with Crippen molar-refractivity contribution in [2.75, 3.05) is 26.2 Å². The van der Waals surface area contributed by atoms with Crippen LogP contribution in [-0.4, -0.2) is 56.9 Å². The predicted octanol–water partition coefficient (Wildman–Crippen LogP) is 2.88. The van der Waals surface area contributed by atoms with Gasteiger partial charge < -0.3 is 4.90 Å². The molecule has 8 heteroatoms. The SMILES string of the molecule is CCN(CC)C(=O)c1cn(C2CCCN(Cc3c(F)cccc3F)C2)nn1. The fourth-order valence-electron chi connectivity index (χ4n) is 3.52. The Bertz CT molecular complexity index is 770. The Hall–Kier alpha value is -2.35. The molecule has 1 amide bonds. The lowest BCUT2D eigenvalue weighted by molar-refractivity contribution is 0.0767. The standard InChI is InChI=1S/C19H25F2N5O/c1-3-25(4-2)19(27)18-13-26(23-22-18)14-7-6-10-24(11-14)12-15-16(20)8-5-9-17(15)21/h5,8-9,13-14H,3-4,6-7,10-12H2,1-2H3. The molecule has 2 heterocycles. The zero-order valence-electron chi connectivity index (χ0n) is 15.7. The van der Waals surface area contributed by atoms with Gasteiger partial charge >= 0.3 is 0 Å². The average Bonchev–Trinajstić information content (AvgIpc) is 3.16. The number of carbonyl (C=O) groups is 1. The molecule has 27 heavy (non-hydrogen) atoms. The minimum absolute atomic E-state index is 0.0272.